The van der Waals surface area contributed by atoms with Crippen LogP contribution in [0.4, 0.5) is 13.2 Å². The Morgan fingerprint density at radius 1 is 1.31 bits per heavy atom. The van der Waals surface area contributed by atoms with Crippen LogP contribution in [0.2, 0.25) is 0 Å². The predicted molar refractivity (Wildman–Crippen MR) is 54.2 cm³/mol. The molecule has 1 aliphatic heterocycles. The van der Waals surface area contributed by atoms with Gasteiger partial charge in [0.15, 0.2) is 0 Å². The number of hydrogen-bond donors (Lipinski definition) is 1. The zero-order valence-corrected chi connectivity index (χ0v) is 9.12. The molecule has 0 fully saturated rings. The van der Waals surface area contributed by atoms with Gasteiger partial charge in [0.25, 0.3) is 0 Å². The summed E-state index contributed by atoms with van der Waals surface area (Å²) in [7, 11) is -1.53. The summed E-state index contributed by atoms with van der Waals surface area (Å²) in [5.41, 5.74) is -0.0142. The zero-order chi connectivity index (χ0) is 11.8. The molecule has 0 aliphatic carbocycles. The molecule has 0 bridgehead atoms. The lowest BCUT2D eigenvalue weighted by atomic mass is 10.1. The number of nitrogens with one attached hydrogen (secondary N) is 1. The fraction of sp³-hybridized carbons (Fsp3) is 0.400. The molecule has 0 saturated heterocycles. The summed E-state index contributed by atoms with van der Waals surface area (Å²) in [6, 6.07) is 3.44. The third kappa shape index (κ3) is 2.27. The zero-order valence-electron chi connectivity index (χ0n) is 8.30. The van der Waals surface area contributed by atoms with E-state index in [0.717, 1.165) is 24.1 Å². The lowest BCUT2D eigenvalue weighted by molar-refractivity contribution is -0.137. The normalized spacial score (nSPS) is 21.3. The van der Waals surface area contributed by atoms with Gasteiger partial charge in [-0.2, -0.15) is 13.2 Å². The van der Waals surface area contributed by atoms with Crippen molar-refractivity contribution in [2.75, 3.05) is 6.54 Å². The summed E-state index contributed by atoms with van der Waals surface area (Å²) in [6.07, 6.45) is -2.94. The highest BCUT2D eigenvalue weighted by atomic mass is 32.2. The molecule has 1 atom stereocenters. The highest BCUT2D eigenvalue weighted by Crippen LogP contribution is 2.32. The molecule has 1 unspecified atom stereocenters. The van der Waals surface area contributed by atoms with Crippen LogP contribution >= 0.6 is 0 Å². The molecule has 88 valence electrons. The van der Waals surface area contributed by atoms with E-state index >= 15 is 0 Å². The van der Waals surface area contributed by atoms with Gasteiger partial charge in [-0.25, -0.2) is 8.93 Å². The second-order valence-corrected chi connectivity index (χ2v) is 4.85. The van der Waals surface area contributed by atoms with Crippen molar-refractivity contribution >= 4 is 11.0 Å². The van der Waals surface area contributed by atoms with Crippen LogP contribution in [0.15, 0.2) is 23.1 Å². The predicted octanol–water partition coefficient (Wildman–Crippen LogP) is 2.26. The van der Waals surface area contributed by atoms with Gasteiger partial charge in [0.1, 0.15) is 11.0 Å². The molecule has 2 rings (SSSR count). The van der Waals surface area contributed by atoms with Crippen molar-refractivity contribution < 1.29 is 17.4 Å². The van der Waals surface area contributed by atoms with Crippen LogP contribution in [-0.4, -0.2) is 10.8 Å². The Balaban J connectivity index is 2.47. The maximum Gasteiger partial charge on any atom is 0.416 e. The maximum absolute atomic E-state index is 12.5. The van der Waals surface area contributed by atoms with E-state index < -0.39 is 22.7 Å². The second-order valence-electron chi connectivity index (χ2n) is 3.59. The SMILES string of the molecule is O=S1NCCCc2ccc(C(F)(F)F)cc21. The Morgan fingerprint density at radius 2 is 2.06 bits per heavy atom. The summed E-state index contributed by atoms with van der Waals surface area (Å²) in [5.74, 6) is 0. The van der Waals surface area contributed by atoms with Crippen LogP contribution in [0, 0.1) is 0 Å². The van der Waals surface area contributed by atoms with Gasteiger partial charge in [0, 0.05) is 6.54 Å². The molecule has 0 aromatic heterocycles. The molecule has 1 N–H and O–H groups in total. The van der Waals surface area contributed by atoms with Crippen LogP contribution in [0.3, 0.4) is 0 Å². The number of alkyl halides is 3. The van der Waals surface area contributed by atoms with Gasteiger partial charge in [-0.05, 0) is 30.5 Å². The quantitative estimate of drug-likeness (QED) is 0.750. The molecule has 0 saturated carbocycles. The lowest BCUT2D eigenvalue weighted by Gasteiger charge is -2.10. The van der Waals surface area contributed by atoms with E-state index in [1.807, 2.05) is 0 Å². The fourth-order valence-electron chi connectivity index (χ4n) is 1.63. The maximum atomic E-state index is 12.5. The standard InChI is InChI=1S/C10H10F3NOS/c11-10(12,13)8-4-3-7-2-1-5-14-16(15)9(7)6-8/h3-4,6,14H,1-2,5H2. The molecule has 16 heavy (non-hydrogen) atoms. The van der Waals surface area contributed by atoms with Crippen LogP contribution < -0.4 is 4.72 Å². The minimum absolute atomic E-state index is 0.257. The first-order valence-corrected chi connectivity index (χ1v) is 5.99. The van der Waals surface area contributed by atoms with Gasteiger partial charge in [0.05, 0.1) is 10.5 Å². The number of benzene rings is 1. The Hall–Kier alpha value is -0.880. The van der Waals surface area contributed by atoms with Crippen molar-refractivity contribution in [1.82, 2.24) is 4.72 Å². The first kappa shape index (κ1) is 11.6. The summed E-state index contributed by atoms with van der Waals surface area (Å²) in [6.45, 7) is 0.558. The van der Waals surface area contributed by atoms with E-state index in [9.17, 15) is 17.4 Å². The molecule has 0 spiro atoms. The highest BCUT2D eigenvalue weighted by Gasteiger charge is 2.31. The minimum atomic E-state index is -4.38. The molecule has 0 amide bonds. The molecular formula is C10H10F3NOS. The molecule has 1 aromatic carbocycles. The number of aryl methyl sites for hydroxylation is 1. The molecule has 6 heteroatoms. The largest absolute Gasteiger partial charge is 0.416 e. The molecule has 2 nitrogen and oxygen atoms in total. The molecular weight excluding hydrogens is 239 g/mol. The van der Waals surface area contributed by atoms with Gasteiger partial charge in [0.2, 0.25) is 0 Å². The van der Waals surface area contributed by atoms with Crippen molar-refractivity contribution in [3.8, 4) is 0 Å². The number of halogens is 3. The Morgan fingerprint density at radius 3 is 2.75 bits per heavy atom. The monoisotopic (exact) mass is 249 g/mol. The molecule has 0 radical (unpaired) electrons. The molecule has 1 aliphatic rings. The third-order valence-electron chi connectivity index (χ3n) is 2.45. The minimum Gasteiger partial charge on any atom is -0.237 e. The van der Waals surface area contributed by atoms with Crippen molar-refractivity contribution in [3.05, 3.63) is 29.3 Å². The second kappa shape index (κ2) is 4.18. The van der Waals surface area contributed by atoms with Crippen LogP contribution in [0.1, 0.15) is 17.5 Å². The van der Waals surface area contributed by atoms with Gasteiger partial charge in [-0.15, -0.1) is 0 Å². The van der Waals surface area contributed by atoms with Gasteiger partial charge < -0.3 is 0 Å². The van der Waals surface area contributed by atoms with Crippen molar-refractivity contribution in [1.29, 1.82) is 0 Å². The van der Waals surface area contributed by atoms with Crippen molar-refractivity contribution in [2.45, 2.75) is 23.9 Å². The van der Waals surface area contributed by atoms with E-state index in [0.29, 0.717) is 13.0 Å². The summed E-state index contributed by atoms with van der Waals surface area (Å²) < 4.78 is 51.7. The third-order valence-corrected chi connectivity index (χ3v) is 3.70. The highest BCUT2D eigenvalue weighted by molar-refractivity contribution is 7.83. The lowest BCUT2D eigenvalue weighted by Crippen LogP contribution is -2.17. The van der Waals surface area contributed by atoms with E-state index in [1.54, 1.807) is 0 Å². The van der Waals surface area contributed by atoms with Gasteiger partial charge >= 0.3 is 6.18 Å². The Bertz CT molecular complexity index is 431. The number of hydrogen-bond acceptors (Lipinski definition) is 1. The summed E-state index contributed by atoms with van der Waals surface area (Å²) >= 11 is 0. The fourth-order valence-corrected chi connectivity index (χ4v) is 2.76. The van der Waals surface area contributed by atoms with E-state index in [1.165, 1.54) is 6.07 Å². The van der Waals surface area contributed by atoms with E-state index in [-0.39, 0.29) is 4.90 Å². The average molecular weight is 249 g/mol. The average Bonchev–Trinajstić information content (AvgIpc) is 2.39. The van der Waals surface area contributed by atoms with E-state index in [4.69, 9.17) is 0 Å². The van der Waals surface area contributed by atoms with Crippen LogP contribution in [0.25, 0.3) is 0 Å². The summed E-state index contributed by atoms with van der Waals surface area (Å²) in [4.78, 5) is 0.257. The van der Waals surface area contributed by atoms with Crippen LogP contribution in [-0.2, 0) is 23.6 Å². The van der Waals surface area contributed by atoms with Gasteiger partial charge in [-0.3, -0.25) is 0 Å². The molecule has 1 heterocycles. The topological polar surface area (TPSA) is 29.1 Å². The van der Waals surface area contributed by atoms with Crippen LogP contribution in [0.5, 0.6) is 0 Å². The van der Waals surface area contributed by atoms with Gasteiger partial charge in [-0.1, -0.05) is 6.07 Å². The first-order valence-electron chi connectivity index (χ1n) is 4.84. The Kier molecular flexibility index (Phi) is 3.03. The van der Waals surface area contributed by atoms with E-state index in [2.05, 4.69) is 4.72 Å². The first-order chi connectivity index (χ1) is 7.48. The number of fused-ring (bicyclic) bond motifs is 1. The van der Waals surface area contributed by atoms with Crippen molar-refractivity contribution in [2.24, 2.45) is 0 Å². The summed E-state index contributed by atoms with van der Waals surface area (Å²) in [5, 5.41) is 0. The Labute approximate surface area is 93.4 Å². The van der Waals surface area contributed by atoms with Crippen molar-refractivity contribution in [3.63, 3.8) is 0 Å². The smallest absolute Gasteiger partial charge is 0.237 e. The molecule has 1 aromatic rings. The number of rotatable bonds is 0.